The highest BCUT2D eigenvalue weighted by Crippen LogP contribution is 2.23. The quantitative estimate of drug-likeness (QED) is 0.349. The molecule has 3 rings (SSSR count). The molecule has 0 atom stereocenters. The zero-order valence-electron chi connectivity index (χ0n) is 13.3. The van der Waals surface area contributed by atoms with Crippen molar-refractivity contribution in [3.63, 3.8) is 0 Å². The van der Waals surface area contributed by atoms with E-state index in [1.54, 1.807) is 6.21 Å². The molecule has 0 spiro atoms. The van der Waals surface area contributed by atoms with Gasteiger partial charge in [0.15, 0.2) is 0 Å². The molecule has 3 nitrogen and oxygen atoms in total. The maximum atomic E-state index is 5.84. The van der Waals surface area contributed by atoms with Crippen molar-refractivity contribution in [3.8, 4) is 5.75 Å². The Morgan fingerprint density at radius 2 is 1.68 bits per heavy atom. The fourth-order valence-electron chi connectivity index (χ4n) is 2.14. The molecule has 126 valence electrons. The summed E-state index contributed by atoms with van der Waals surface area (Å²) in [5, 5.41) is 4.23. The maximum absolute atomic E-state index is 5.84. The van der Waals surface area contributed by atoms with E-state index in [4.69, 9.17) is 4.74 Å². The van der Waals surface area contributed by atoms with Gasteiger partial charge in [-0.1, -0.05) is 56.1 Å². The van der Waals surface area contributed by atoms with Gasteiger partial charge in [-0.15, -0.1) is 0 Å². The van der Waals surface area contributed by atoms with Crippen LogP contribution in [0.4, 0.5) is 5.69 Å². The number of para-hydroxylation sites is 1. The third kappa shape index (κ3) is 5.44. The van der Waals surface area contributed by atoms with E-state index in [-0.39, 0.29) is 0 Å². The largest absolute Gasteiger partial charge is 0.489 e. The van der Waals surface area contributed by atoms with Crippen LogP contribution < -0.4 is 10.2 Å². The van der Waals surface area contributed by atoms with Crippen molar-refractivity contribution in [2.45, 2.75) is 6.61 Å². The highest BCUT2D eigenvalue weighted by atomic mass is 79.9. The van der Waals surface area contributed by atoms with Crippen LogP contribution in [0.2, 0.25) is 0 Å². The minimum Gasteiger partial charge on any atom is -0.489 e. The minimum absolute atomic E-state index is 0.511. The predicted octanol–water partition coefficient (Wildman–Crippen LogP) is 6.24. The van der Waals surface area contributed by atoms with Crippen LogP contribution in [0.25, 0.3) is 0 Å². The Bertz CT molecular complexity index is 849. The Morgan fingerprint density at radius 3 is 2.40 bits per heavy atom. The van der Waals surface area contributed by atoms with Crippen LogP contribution in [0, 0.1) is 0 Å². The van der Waals surface area contributed by atoms with Crippen molar-refractivity contribution in [1.82, 2.24) is 0 Å². The molecular formula is C20H16Br2N2O. The lowest BCUT2D eigenvalue weighted by atomic mass is 10.2. The van der Waals surface area contributed by atoms with Crippen LogP contribution in [-0.4, -0.2) is 6.21 Å². The highest BCUT2D eigenvalue weighted by molar-refractivity contribution is 9.11. The molecule has 0 aliphatic heterocycles. The second-order valence-corrected chi connectivity index (χ2v) is 7.10. The third-order valence-electron chi connectivity index (χ3n) is 3.47. The van der Waals surface area contributed by atoms with Gasteiger partial charge >= 0.3 is 0 Å². The van der Waals surface area contributed by atoms with Gasteiger partial charge in [-0.05, 0) is 54.1 Å². The summed E-state index contributed by atoms with van der Waals surface area (Å²) in [7, 11) is 0. The molecule has 3 aromatic rings. The summed E-state index contributed by atoms with van der Waals surface area (Å²) in [4.78, 5) is 0. The number of anilines is 1. The van der Waals surface area contributed by atoms with Crippen molar-refractivity contribution in [2.75, 3.05) is 5.43 Å². The summed E-state index contributed by atoms with van der Waals surface area (Å²) in [6.07, 6.45) is 1.78. The molecule has 0 aliphatic rings. The number of halogens is 2. The van der Waals surface area contributed by atoms with Gasteiger partial charge in [-0.2, -0.15) is 5.10 Å². The summed E-state index contributed by atoms with van der Waals surface area (Å²) < 4.78 is 7.90. The van der Waals surface area contributed by atoms with E-state index in [2.05, 4.69) is 42.4 Å². The summed E-state index contributed by atoms with van der Waals surface area (Å²) in [5.41, 5.74) is 6.05. The van der Waals surface area contributed by atoms with Gasteiger partial charge in [-0.25, -0.2) is 0 Å². The molecule has 0 amide bonds. The van der Waals surface area contributed by atoms with E-state index in [1.807, 2.05) is 72.8 Å². The lowest BCUT2D eigenvalue weighted by molar-refractivity contribution is 0.305. The molecule has 5 heteroatoms. The number of hydrazone groups is 1. The van der Waals surface area contributed by atoms with Crippen molar-refractivity contribution in [1.29, 1.82) is 0 Å². The smallest absolute Gasteiger partial charge is 0.119 e. The van der Waals surface area contributed by atoms with Crippen molar-refractivity contribution in [2.24, 2.45) is 5.10 Å². The van der Waals surface area contributed by atoms with E-state index in [1.165, 1.54) is 0 Å². The molecule has 1 N–H and O–H groups in total. The van der Waals surface area contributed by atoms with E-state index in [0.29, 0.717) is 6.61 Å². The highest BCUT2D eigenvalue weighted by Gasteiger charge is 2.02. The van der Waals surface area contributed by atoms with E-state index in [0.717, 1.165) is 31.5 Å². The molecule has 0 aliphatic carbocycles. The Balaban J connectivity index is 1.55. The van der Waals surface area contributed by atoms with Crippen molar-refractivity contribution < 1.29 is 4.74 Å². The average molecular weight is 460 g/mol. The third-order valence-corrected chi connectivity index (χ3v) is 4.70. The summed E-state index contributed by atoms with van der Waals surface area (Å²) >= 11 is 6.99. The zero-order valence-corrected chi connectivity index (χ0v) is 16.5. The fraction of sp³-hybridized carbons (Fsp3) is 0.0500. The molecule has 0 heterocycles. The molecule has 0 bridgehead atoms. The van der Waals surface area contributed by atoms with Gasteiger partial charge < -0.3 is 4.74 Å². The molecule has 0 radical (unpaired) electrons. The van der Waals surface area contributed by atoms with Gasteiger partial charge in [0, 0.05) is 14.5 Å². The summed E-state index contributed by atoms with van der Waals surface area (Å²) in [5.74, 6) is 0.822. The van der Waals surface area contributed by atoms with E-state index in [9.17, 15) is 0 Å². The molecule has 3 aromatic carbocycles. The average Bonchev–Trinajstić information content (AvgIpc) is 2.63. The molecule has 25 heavy (non-hydrogen) atoms. The van der Waals surface area contributed by atoms with E-state index >= 15 is 0 Å². The normalized spacial score (nSPS) is 10.8. The van der Waals surface area contributed by atoms with Crippen molar-refractivity contribution in [3.05, 3.63) is 92.9 Å². The van der Waals surface area contributed by atoms with Gasteiger partial charge in [0.1, 0.15) is 12.4 Å². The minimum atomic E-state index is 0.511. The lowest BCUT2D eigenvalue weighted by Crippen LogP contribution is -1.97. The number of ether oxygens (including phenoxy) is 1. The summed E-state index contributed by atoms with van der Waals surface area (Å²) in [6, 6.07) is 23.7. The standard InChI is InChI=1S/C20H16Br2N2O/c21-17-9-8-16(20(22)12-17)14-25-19-10-6-15(7-11-19)13-23-24-18-4-2-1-3-5-18/h1-13,24H,14H2/b23-13-. The molecule has 0 unspecified atom stereocenters. The topological polar surface area (TPSA) is 33.6 Å². The second-order valence-electron chi connectivity index (χ2n) is 5.33. The van der Waals surface area contributed by atoms with Gasteiger partial charge in [0.2, 0.25) is 0 Å². The SMILES string of the molecule is Brc1ccc(COc2ccc(/C=N\Nc3ccccc3)cc2)c(Br)c1. The van der Waals surface area contributed by atoms with Crippen LogP contribution in [-0.2, 0) is 6.61 Å². The van der Waals surface area contributed by atoms with Gasteiger partial charge in [0.25, 0.3) is 0 Å². The zero-order chi connectivity index (χ0) is 17.5. The molecule has 0 saturated heterocycles. The lowest BCUT2D eigenvalue weighted by Gasteiger charge is -2.08. The Kier molecular flexibility index (Phi) is 6.25. The Labute approximate surface area is 164 Å². The number of rotatable bonds is 6. The first-order valence-electron chi connectivity index (χ1n) is 7.71. The van der Waals surface area contributed by atoms with Crippen LogP contribution in [0.5, 0.6) is 5.75 Å². The monoisotopic (exact) mass is 458 g/mol. The van der Waals surface area contributed by atoms with Crippen LogP contribution in [0.3, 0.4) is 0 Å². The number of benzene rings is 3. The molecule has 0 fully saturated rings. The van der Waals surface area contributed by atoms with Gasteiger partial charge in [0.05, 0.1) is 11.9 Å². The first kappa shape index (κ1) is 17.7. The Morgan fingerprint density at radius 1 is 0.920 bits per heavy atom. The summed E-state index contributed by atoms with van der Waals surface area (Å²) in [6.45, 7) is 0.511. The molecule has 0 aromatic heterocycles. The predicted molar refractivity (Wildman–Crippen MR) is 110 cm³/mol. The van der Waals surface area contributed by atoms with Crippen molar-refractivity contribution >= 4 is 43.8 Å². The number of hydrogen-bond acceptors (Lipinski definition) is 3. The number of nitrogens with zero attached hydrogens (tertiary/aromatic N) is 1. The van der Waals surface area contributed by atoms with Crippen LogP contribution >= 0.6 is 31.9 Å². The second kappa shape index (κ2) is 8.83. The molecule has 0 saturated carbocycles. The molecular weight excluding hydrogens is 444 g/mol. The van der Waals surface area contributed by atoms with Gasteiger partial charge in [-0.3, -0.25) is 5.43 Å². The first-order valence-corrected chi connectivity index (χ1v) is 9.30. The van der Waals surface area contributed by atoms with Crippen LogP contribution in [0.1, 0.15) is 11.1 Å². The number of hydrogen-bond donors (Lipinski definition) is 1. The Hall–Kier alpha value is -2.11. The maximum Gasteiger partial charge on any atom is 0.119 e. The first-order chi connectivity index (χ1) is 12.2. The van der Waals surface area contributed by atoms with Crippen LogP contribution in [0.15, 0.2) is 86.8 Å². The fourth-order valence-corrected chi connectivity index (χ4v) is 3.31. The van der Waals surface area contributed by atoms with E-state index < -0.39 is 0 Å². The number of nitrogens with one attached hydrogen (secondary N) is 1.